The average Bonchev–Trinajstić information content (AvgIpc) is 3.04. The molecule has 0 saturated carbocycles. The lowest BCUT2D eigenvalue weighted by Gasteiger charge is -2.20. The fourth-order valence-electron chi connectivity index (χ4n) is 3.10. The molecule has 0 N–H and O–H groups in total. The number of furan rings is 1. The van der Waals surface area contributed by atoms with Crippen molar-refractivity contribution in [2.45, 2.75) is 12.3 Å². The summed E-state index contributed by atoms with van der Waals surface area (Å²) in [6.07, 6.45) is 2.72. The quantitative estimate of drug-likeness (QED) is 0.556. The van der Waals surface area contributed by atoms with E-state index in [1.54, 1.807) is 54.6 Å². The van der Waals surface area contributed by atoms with Crippen LogP contribution < -0.4 is 0 Å². The van der Waals surface area contributed by atoms with E-state index in [0.29, 0.717) is 22.1 Å². The highest BCUT2D eigenvalue weighted by atomic mass is 32.2. The van der Waals surface area contributed by atoms with Crippen molar-refractivity contribution in [2.24, 2.45) is 0 Å². The fraction of sp³-hybridized carbons (Fsp3) is 0.182. The smallest absolute Gasteiger partial charge is 0.290 e. The minimum absolute atomic E-state index is 0.0205. The maximum absolute atomic E-state index is 13.3. The van der Waals surface area contributed by atoms with Crippen molar-refractivity contribution in [1.82, 2.24) is 4.90 Å². The number of rotatable bonds is 7. The maximum atomic E-state index is 13.3. The Bertz CT molecular complexity index is 1200. The number of para-hydroxylation sites is 1. The van der Waals surface area contributed by atoms with Gasteiger partial charge >= 0.3 is 0 Å². The van der Waals surface area contributed by atoms with Crippen molar-refractivity contribution in [2.75, 3.05) is 12.8 Å². The molecule has 29 heavy (non-hydrogen) atoms. The molecule has 0 unspecified atom stereocenters. The van der Waals surface area contributed by atoms with Crippen LogP contribution in [-0.2, 0) is 22.1 Å². The third-order valence-corrected chi connectivity index (χ3v) is 5.21. The van der Waals surface area contributed by atoms with E-state index in [2.05, 4.69) is 12.6 Å². The van der Waals surface area contributed by atoms with Crippen LogP contribution in [0.25, 0.3) is 11.0 Å². The molecule has 0 atom stereocenters. The lowest BCUT2D eigenvalue weighted by Crippen LogP contribution is -2.31. The van der Waals surface area contributed by atoms with E-state index >= 15 is 0 Å². The largest absolute Gasteiger partial charge is 0.451 e. The number of carbonyl (C=O) groups is 1. The van der Waals surface area contributed by atoms with Gasteiger partial charge < -0.3 is 9.32 Å². The Hall–Kier alpha value is -3.37. The van der Waals surface area contributed by atoms with Crippen LogP contribution in [0.2, 0.25) is 0 Å². The van der Waals surface area contributed by atoms with Crippen LogP contribution >= 0.6 is 0 Å². The van der Waals surface area contributed by atoms with Crippen molar-refractivity contribution < 1.29 is 17.6 Å². The van der Waals surface area contributed by atoms with E-state index < -0.39 is 15.7 Å². The van der Waals surface area contributed by atoms with Crippen LogP contribution in [0, 0.1) is 11.3 Å². The molecule has 0 aliphatic rings. The zero-order valence-electron chi connectivity index (χ0n) is 16.0. The Labute approximate surface area is 169 Å². The average molecular weight is 408 g/mol. The number of amides is 1. The number of nitriles is 1. The molecule has 7 heteroatoms. The second kappa shape index (κ2) is 8.33. The van der Waals surface area contributed by atoms with Crippen LogP contribution in [0.3, 0.4) is 0 Å². The summed E-state index contributed by atoms with van der Waals surface area (Å²) in [5.74, 6) is -0.680. The van der Waals surface area contributed by atoms with E-state index in [-0.39, 0.29) is 24.6 Å². The highest BCUT2D eigenvalue weighted by Gasteiger charge is 2.26. The summed E-state index contributed by atoms with van der Waals surface area (Å²) in [4.78, 5) is 14.8. The SMILES string of the molecule is C=CCN(Cc1ccc(C#N)cc1)C(=O)c1oc2ccccc2c1CS(C)(=O)=O. The second-order valence-corrected chi connectivity index (χ2v) is 8.90. The van der Waals surface area contributed by atoms with Crippen LogP contribution in [0.1, 0.15) is 27.2 Å². The lowest BCUT2D eigenvalue weighted by atomic mass is 10.1. The number of hydrogen-bond acceptors (Lipinski definition) is 5. The van der Waals surface area contributed by atoms with E-state index in [0.717, 1.165) is 11.8 Å². The Kier molecular flexibility index (Phi) is 5.85. The number of nitrogens with zero attached hydrogens (tertiary/aromatic N) is 2. The molecule has 0 aliphatic carbocycles. The van der Waals surface area contributed by atoms with Gasteiger partial charge in [0.1, 0.15) is 5.58 Å². The Balaban J connectivity index is 2.01. The molecule has 0 aliphatic heterocycles. The predicted octanol–water partition coefficient (Wildman–Crippen LogP) is 3.68. The van der Waals surface area contributed by atoms with Crippen LogP contribution in [-0.4, -0.2) is 32.0 Å². The molecule has 2 aromatic carbocycles. The first-order valence-electron chi connectivity index (χ1n) is 8.89. The number of benzene rings is 2. The summed E-state index contributed by atoms with van der Waals surface area (Å²) < 4.78 is 29.7. The van der Waals surface area contributed by atoms with Crippen molar-refractivity contribution in [3.05, 3.63) is 83.6 Å². The minimum atomic E-state index is -3.38. The first kappa shape index (κ1) is 20.4. The molecule has 3 aromatic rings. The Morgan fingerprint density at radius 2 is 1.90 bits per heavy atom. The Morgan fingerprint density at radius 1 is 1.21 bits per heavy atom. The van der Waals surface area contributed by atoms with E-state index in [1.165, 1.54) is 4.90 Å². The molecule has 148 valence electrons. The molecule has 0 fully saturated rings. The lowest BCUT2D eigenvalue weighted by molar-refractivity contribution is 0.0732. The van der Waals surface area contributed by atoms with Gasteiger partial charge in [-0.2, -0.15) is 5.26 Å². The first-order chi connectivity index (χ1) is 13.8. The molecule has 1 amide bonds. The third kappa shape index (κ3) is 4.73. The summed E-state index contributed by atoms with van der Waals surface area (Å²) in [5.41, 5.74) is 2.19. The van der Waals surface area contributed by atoms with E-state index in [9.17, 15) is 13.2 Å². The first-order valence-corrected chi connectivity index (χ1v) is 11.0. The number of carbonyl (C=O) groups excluding carboxylic acids is 1. The molecule has 0 bridgehead atoms. The van der Waals surface area contributed by atoms with Crippen LogP contribution in [0.15, 0.2) is 65.6 Å². The topological polar surface area (TPSA) is 91.4 Å². The van der Waals surface area contributed by atoms with Gasteiger partial charge in [-0.05, 0) is 23.8 Å². The predicted molar refractivity (Wildman–Crippen MR) is 111 cm³/mol. The highest BCUT2D eigenvalue weighted by molar-refractivity contribution is 7.89. The van der Waals surface area contributed by atoms with Crippen LogP contribution in [0.5, 0.6) is 0 Å². The van der Waals surface area contributed by atoms with Gasteiger partial charge in [-0.25, -0.2) is 8.42 Å². The second-order valence-electron chi connectivity index (χ2n) is 6.76. The van der Waals surface area contributed by atoms with E-state index in [1.807, 2.05) is 0 Å². The standard InChI is InChI=1S/C22H20N2O4S/c1-3-12-24(14-17-10-8-16(13-23)9-11-17)22(25)21-19(15-29(2,26)27)18-6-4-5-7-20(18)28-21/h3-11H,1,12,14-15H2,2H3. The highest BCUT2D eigenvalue weighted by Crippen LogP contribution is 2.29. The molecule has 1 aromatic heterocycles. The van der Waals surface area contributed by atoms with Gasteiger partial charge in [0.2, 0.25) is 0 Å². The van der Waals surface area contributed by atoms with Crippen molar-refractivity contribution in [1.29, 1.82) is 5.26 Å². The molecule has 1 heterocycles. The van der Waals surface area contributed by atoms with Gasteiger partial charge in [0.25, 0.3) is 5.91 Å². The molecule has 6 nitrogen and oxygen atoms in total. The molecular weight excluding hydrogens is 388 g/mol. The molecule has 0 radical (unpaired) electrons. The van der Waals surface area contributed by atoms with Gasteiger partial charge in [0.05, 0.1) is 17.4 Å². The third-order valence-electron chi connectivity index (χ3n) is 4.39. The summed E-state index contributed by atoms with van der Waals surface area (Å²) >= 11 is 0. The van der Waals surface area contributed by atoms with Gasteiger partial charge in [-0.3, -0.25) is 4.79 Å². The van der Waals surface area contributed by atoms with Crippen molar-refractivity contribution in [3.63, 3.8) is 0 Å². The molecular formula is C22H20N2O4S. The summed E-state index contributed by atoms with van der Waals surface area (Å²) in [6, 6.07) is 16.0. The van der Waals surface area contributed by atoms with E-state index in [4.69, 9.17) is 9.68 Å². The summed E-state index contributed by atoms with van der Waals surface area (Å²) in [7, 11) is -3.38. The Morgan fingerprint density at radius 3 is 2.52 bits per heavy atom. The molecule has 3 rings (SSSR count). The van der Waals surface area contributed by atoms with Gasteiger partial charge in [0, 0.05) is 30.3 Å². The fourth-order valence-corrected chi connectivity index (χ4v) is 3.91. The summed E-state index contributed by atoms with van der Waals surface area (Å²) in [6.45, 7) is 4.23. The monoisotopic (exact) mass is 408 g/mol. The van der Waals surface area contributed by atoms with Crippen molar-refractivity contribution in [3.8, 4) is 6.07 Å². The molecule has 0 saturated heterocycles. The normalized spacial score (nSPS) is 11.2. The number of sulfone groups is 1. The molecule has 0 spiro atoms. The summed E-state index contributed by atoms with van der Waals surface area (Å²) in [5, 5.41) is 9.54. The zero-order chi connectivity index (χ0) is 21.0. The van der Waals surface area contributed by atoms with Crippen LogP contribution in [0.4, 0.5) is 0 Å². The van der Waals surface area contributed by atoms with Gasteiger partial charge in [-0.15, -0.1) is 6.58 Å². The maximum Gasteiger partial charge on any atom is 0.290 e. The van der Waals surface area contributed by atoms with Gasteiger partial charge in [0.15, 0.2) is 15.6 Å². The number of hydrogen-bond donors (Lipinski definition) is 0. The zero-order valence-corrected chi connectivity index (χ0v) is 16.8. The van der Waals surface area contributed by atoms with Crippen molar-refractivity contribution >= 4 is 26.7 Å². The number of fused-ring (bicyclic) bond motifs is 1. The minimum Gasteiger partial charge on any atom is -0.451 e. The van der Waals surface area contributed by atoms with Gasteiger partial charge in [-0.1, -0.05) is 36.4 Å².